The molecule has 0 unspecified atom stereocenters. The van der Waals surface area contributed by atoms with Crippen molar-refractivity contribution < 1.29 is 18.3 Å². The third-order valence-corrected chi connectivity index (χ3v) is 6.37. The van der Waals surface area contributed by atoms with Gasteiger partial charge in [-0.05, 0) is 42.8 Å². The summed E-state index contributed by atoms with van der Waals surface area (Å²) in [7, 11) is 1.83. The lowest BCUT2D eigenvalue weighted by molar-refractivity contribution is -0.133. The van der Waals surface area contributed by atoms with Crippen molar-refractivity contribution in [3.05, 3.63) is 46.5 Å². The molecule has 0 aromatic heterocycles. The molecule has 29 heavy (non-hydrogen) atoms. The highest BCUT2D eigenvalue weighted by Gasteiger charge is 2.40. The molecular formula is C22H29F2N3O2. The minimum absolute atomic E-state index is 0.0226. The van der Waals surface area contributed by atoms with Crippen molar-refractivity contribution in [2.75, 3.05) is 39.8 Å². The van der Waals surface area contributed by atoms with Gasteiger partial charge < -0.3 is 15.0 Å². The van der Waals surface area contributed by atoms with Crippen LogP contribution in [0.2, 0.25) is 0 Å². The molecule has 3 aliphatic heterocycles. The second-order valence-electron chi connectivity index (χ2n) is 8.67. The maximum atomic E-state index is 14.3. The number of rotatable bonds is 4. The van der Waals surface area contributed by atoms with E-state index in [1.165, 1.54) is 17.2 Å². The second kappa shape index (κ2) is 8.13. The zero-order chi connectivity index (χ0) is 20.7. The Morgan fingerprint density at radius 3 is 2.48 bits per heavy atom. The van der Waals surface area contributed by atoms with Gasteiger partial charge in [-0.25, -0.2) is 8.78 Å². The molecule has 0 aliphatic carbocycles. The molecule has 1 N–H and O–H groups in total. The average Bonchev–Trinajstić information content (AvgIpc) is 3.28. The van der Waals surface area contributed by atoms with Gasteiger partial charge in [-0.3, -0.25) is 9.69 Å². The summed E-state index contributed by atoms with van der Waals surface area (Å²) < 4.78 is 33.9. The molecule has 1 amide bonds. The summed E-state index contributed by atoms with van der Waals surface area (Å²) in [6.45, 7) is 7.50. The van der Waals surface area contributed by atoms with E-state index in [4.69, 9.17) is 4.74 Å². The molecule has 1 aromatic carbocycles. The number of nitrogens with zero attached hydrogens (tertiary/aromatic N) is 2. The van der Waals surface area contributed by atoms with E-state index in [1.807, 2.05) is 25.8 Å². The third kappa shape index (κ3) is 3.96. The molecule has 1 aromatic rings. The number of likely N-dealkylation sites (N-methyl/N-ethyl adjacent to an activating group) is 1. The molecule has 0 saturated carbocycles. The van der Waals surface area contributed by atoms with E-state index >= 15 is 0 Å². The van der Waals surface area contributed by atoms with Crippen molar-refractivity contribution in [3.63, 3.8) is 0 Å². The SMILES string of the molecule is CN[C@H]1C[C@@H](N2CC3=C(CN(C(=O)C(C)C)C3)C2)CO[C@@H]1c1cc(F)ccc1F. The second-order valence-corrected chi connectivity index (χ2v) is 8.67. The quantitative estimate of drug-likeness (QED) is 0.782. The van der Waals surface area contributed by atoms with E-state index in [-0.39, 0.29) is 29.5 Å². The fourth-order valence-electron chi connectivity index (χ4n) is 4.77. The Morgan fingerprint density at radius 1 is 1.17 bits per heavy atom. The van der Waals surface area contributed by atoms with Crippen LogP contribution in [0.25, 0.3) is 0 Å². The number of hydrogen-bond acceptors (Lipinski definition) is 4. The fraction of sp³-hybridized carbons (Fsp3) is 0.591. The summed E-state index contributed by atoms with van der Waals surface area (Å²) in [6.07, 6.45) is 0.292. The molecule has 0 bridgehead atoms. The van der Waals surface area contributed by atoms with Crippen LogP contribution in [0.15, 0.2) is 29.3 Å². The normalized spacial score (nSPS) is 27.8. The molecule has 7 heteroatoms. The summed E-state index contributed by atoms with van der Waals surface area (Å²) in [5.41, 5.74) is 2.96. The van der Waals surface area contributed by atoms with Gasteiger partial charge in [0.25, 0.3) is 0 Å². The topological polar surface area (TPSA) is 44.8 Å². The number of nitrogens with one attached hydrogen (secondary N) is 1. The Labute approximate surface area is 170 Å². The molecule has 4 rings (SSSR count). The highest BCUT2D eigenvalue weighted by atomic mass is 19.1. The van der Waals surface area contributed by atoms with E-state index in [9.17, 15) is 13.6 Å². The number of halogens is 2. The van der Waals surface area contributed by atoms with Crippen LogP contribution >= 0.6 is 0 Å². The van der Waals surface area contributed by atoms with Gasteiger partial charge in [0.2, 0.25) is 5.91 Å². The van der Waals surface area contributed by atoms with Crippen LogP contribution in [0.3, 0.4) is 0 Å². The first-order chi connectivity index (χ1) is 13.9. The number of hydrogen-bond donors (Lipinski definition) is 1. The highest BCUT2D eigenvalue weighted by molar-refractivity contribution is 5.79. The zero-order valence-electron chi connectivity index (χ0n) is 17.3. The molecule has 5 nitrogen and oxygen atoms in total. The minimum Gasteiger partial charge on any atom is -0.370 e. The summed E-state index contributed by atoms with van der Waals surface area (Å²) in [4.78, 5) is 16.6. The van der Waals surface area contributed by atoms with Crippen LogP contribution in [-0.4, -0.2) is 67.6 Å². The van der Waals surface area contributed by atoms with Crippen LogP contribution in [0.4, 0.5) is 8.78 Å². The largest absolute Gasteiger partial charge is 0.370 e. The molecule has 0 radical (unpaired) electrons. The Kier molecular flexibility index (Phi) is 5.73. The first kappa shape index (κ1) is 20.4. The van der Waals surface area contributed by atoms with E-state index in [2.05, 4.69) is 10.2 Å². The van der Waals surface area contributed by atoms with Gasteiger partial charge in [0.05, 0.1) is 6.61 Å². The number of carbonyl (C=O) groups excluding carboxylic acids is 1. The predicted molar refractivity (Wildman–Crippen MR) is 106 cm³/mol. The van der Waals surface area contributed by atoms with E-state index in [1.54, 1.807) is 0 Å². The van der Waals surface area contributed by atoms with Crippen LogP contribution in [0.1, 0.15) is 31.9 Å². The van der Waals surface area contributed by atoms with Crippen LogP contribution < -0.4 is 5.32 Å². The van der Waals surface area contributed by atoms with E-state index < -0.39 is 17.7 Å². The average molecular weight is 405 g/mol. The Balaban J connectivity index is 1.38. The van der Waals surface area contributed by atoms with Crippen LogP contribution in [0.5, 0.6) is 0 Å². The third-order valence-electron chi connectivity index (χ3n) is 6.37. The fourth-order valence-corrected chi connectivity index (χ4v) is 4.77. The van der Waals surface area contributed by atoms with E-state index in [0.717, 1.165) is 44.7 Å². The molecular weight excluding hydrogens is 376 g/mol. The Bertz CT molecular complexity index is 808. The number of ether oxygens (including phenoxy) is 1. The van der Waals surface area contributed by atoms with Gasteiger partial charge in [-0.15, -0.1) is 0 Å². The standard InChI is InChI=1S/C22H29F2N3O2/c1-13(2)22(28)27-10-14-8-26(9-15(14)11-27)17-7-20(25-3)21(29-12-17)18-6-16(23)4-5-19(18)24/h4-6,13,17,20-21,25H,7-12H2,1-3H3/t17-,20+,21-/m1/s1. The summed E-state index contributed by atoms with van der Waals surface area (Å²) in [6, 6.07) is 3.63. The van der Waals surface area contributed by atoms with Crippen molar-refractivity contribution in [1.82, 2.24) is 15.1 Å². The molecule has 1 fully saturated rings. The predicted octanol–water partition coefficient (Wildman–Crippen LogP) is 2.49. The van der Waals surface area contributed by atoms with Gasteiger partial charge in [0.1, 0.15) is 17.7 Å². The molecule has 0 spiro atoms. The van der Waals surface area contributed by atoms with Crippen molar-refractivity contribution >= 4 is 5.91 Å². The van der Waals surface area contributed by atoms with Gasteiger partial charge in [0, 0.05) is 49.7 Å². The van der Waals surface area contributed by atoms with Gasteiger partial charge in [-0.1, -0.05) is 13.8 Å². The minimum atomic E-state index is -0.506. The van der Waals surface area contributed by atoms with Crippen LogP contribution in [0, 0.1) is 17.6 Å². The lowest BCUT2D eigenvalue weighted by Gasteiger charge is -2.40. The zero-order valence-corrected chi connectivity index (χ0v) is 17.3. The Hall–Kier alpha value is -1.83. The smallest absolute Gasteiger partial charge is 0.225 e. The summed E-state index contributed by atoms with van der Waals surface area (Å²) in [5, 5.41) is 3.23. The van der Waals surface area contributed by atoms with Gasteiger partial charge in [-0.2, -0.15) is 0 Å². The first-order valence-electron chi connectivity index (χ1n) is 10.3. The van der Waals surface area contributed by atoms with Gasteiger partial charge >= 0.3 is 0 Å². The number of amides is 1. The Morgan fingerprint density at radius 2 is 1.86 bits per heavy atom. The highest BCUT2D eigenvalue weighted by Crippen LogP contribution is 2.35. The number of benzene rings is 1. The molecule has 1 saturated heterocycles. The van der Waals surface area contributed by atoms with Gasteiger partial charge in [0.15, 0.2) is 0 Å². The van der Waals surface area contributed by atoms with Crippen molar-refractivity contribution in [2.24, 2.45) is 5.92 Å². The first-order valence-corrected chi connectivity index (χ1v) is 10.3. The van der Waals surface area contributed by atoms with Crippen molar-refractivity contribution in [3.8, 4) is 0 Å². The molecule has 3 heterocycles. The van der Waals surface area contributed by atoms with Crippen molar-refractivity contribution in [1.29, 1.82) is 0 Å². The summed E-state index contributed by atoms with van der Waals surface area (Å²) >= 11 is 0. The monoisotopic (exact) mass is 405 g/mol. The molecule has 3 aliphatic rings. The lowest BCUT2D eigenvalue weighted by atomic mass is 9.92. The van der Waals surface area contributed by atoms with Crippen molar-refractivity contribution in [2.45, 2.75) is 38.5 Å². The summed E-state index contributed by atoms with van der Waals surface area (Å²) in [5.74, 6) is -0.661. The maximum Gasteiger partial charge on any atom is 0.225 e. The molecule has 3 atom stereocenters. The number of carbonyl (C=O) groups is 1. The maximum absolute atomic E-state index is 14.3. The molecule has 158 valence electrons. The lowest BCUT2D eigenvalue weighted by Crippen LogP contribution is -2.50. The van der Waals surface area contributed by atoms with E-state index in [0.29, 0.717) is 6.61 Å². The van der Waals surface area contributed by atoms with Crippen LogP contribution in [-0.2, 0) is 9.53 Å².